The highest BCUT2D eigenvalue weighted by Crippen LogP contribution is 2.66. The van der Waals surface area contributed by atoms with Crippen LogP contribution in [-0.4, -0.2) is 11.4 Å². The summed E-state index contributed by atoms with van der Waals surface area (Å²) < 4.78 is 15.5. The highest BCUT2D eigenvalue weighted by molar-refractivity contribution is 5.74. The van der Waals surface area contributed by atoms with E-state index < -0.39 is 6.17 Å². The van der Waals surface area contributed by atoms with Crippen LogP contribution < -0.4 is 5.32 Å². The van der Waals surface area contributed by atoms with Crippen molar-refractivity contribution in [2.45, 2.75) is 57.2 Å². The van der Waals surface area contributed by atoms with Crippen molar-refractivity contribution in [1.29, 1.82) is 0 Å². The van der Waals surface area contributed by atoms with Crippen molar-refractivity contribution in [1.82, 2.24) is 5.32 Å². The first-order valence-electron chi connectivity index (χ1n) is 8.48. The minimum atomic E-state index is -0.910. The standard InChI is InChI=1S/C19H24FNO/c1-13(22)21-19-10-14-7-15(11-19)9-18(8-14,12-19)17(20)16-5-3-2-4-6-16/h2-6,14-15,17H,7-12H2,1H3,(H,21,22)/t14-,15+,17?,18?,19?. The summed E-state index contributed by atoms with van der Waals surface area (Å²) in [5.74, 6) is 1.19. The van der Waals surface area contributed by atoms with E-state index in [0.29, 0.717) is 11.8 Å². The van der Waals surface area contributed by atoms with Gasteiger partial charge in [0.2, 0.25) is 5.91 Å². The van der Waals surface area contributed by atoms with Crippen LogP contribution >= 0.6 is 0 Å². The quantitative estimate of drug-likeness (QED) is 0.892. The van der Waals surface area contributed by atoms with Gasteiger partial charge in [-0.2, -0.15) is 0 Å². The molecule has 4 fully saturated rings. The monoisotopic (exact) mass is 301 g/mol. The van der Waals surface area contributed by atoms with Gasteiger partial charge in [0.25, 0.3) is 0 Å². The first-order chi connectivity index (χ1) is 10.5. The van der Waals surface area contributed by atoms with E-state index in [-0.39, 0.29) is 16.9 Å². The van der Waals surface area contributed by atoms with Crippen molar-refractivity contribution >= 4 is 5.91 Å². The van der Waals surface area contributed by atoms with Crippen molar-refractivity contribution in [3.05, 3.63) is 35.9 Å². The van der Waals surface area contributed by atoms with E-state index >= 15 is 4.39 Å². The first kappa shape index (κ1) is 14.2. The van der Waals surface area contributed by atoms with Crippen LogP contribution in [0.2, 0.25) is 0 Å². The van der Waals surface area contributed by atoms with Gasteiger partial charge in [0.15, 0.2) is 0 Å². The van der Waals surface area contributed by atoms with E-state index in [1.165, 1.54) is 6.42 Å². The molecule has 0 aliphatic heterocycles. The van der Waals surface area contributed by atoms with E-state index in [4.69, 9.17) is 0 Å². The van der Waals surface area contributed by atoms with Crippen LogP contribution in [0.3, 0.4) is 0 Å². The Kier molecular flexibility index (Phi) is 3.11. The fourth-order valence-electron chi connectivity index (χ4n) is 6.13. The topological polar surface area (TPSA) is 29.1 Å². The van der Waals surface area contributed by atoms with Gasteiger partial charge in [0.1, 0.15) is 6.17 Å². The molecule has 0 saturated heterocycles. The lowest BCUT2D eigenvalue weighted by atomic mass is 9.45. The lowest BCUT2D eigenvalue weighted by Crippen LogP contribution is -2.63. The van der Waals surface area contributed by atoms with E-state index in [1.807, 2.05) is 30.3 Å². The molecule has 1 aromatic carbocycles. The Labute approximate surface area is 131 Å². The van der Waals surface area contributed by atoms with E-state index in [1.54, 1.807) is 6.92 Å². The highest BCUT2D eigenvalue weighted by atomic mass is 19.1. The Morgan fingerprint density at radius 3 is 2.41 bits per heavy atom. The molecule has 0 spiro atoms. The molecule has 0 heterocycles. The molecular formula is C19H24FNO. The lowest BCUT2D eigenvalue weighted by molar-refractivity contribution is -0.138. The van der Waals surface area contributed by atoms with Gasteiger partial charge in [-0.25, -0.2) is 4.39 Å². The molecule has 4 aliphatic rings. The zero-order valence-electron chi connectivity index (χ0n) is 13.1. The van der Waals surface area contributed by atoms with Crippen LogP contribution in [0.15, 0.2) is 30.3 Å². The summed E-state index contributed by atoms with van der Waals surface area (Å²) in [5, 5.41) is 3.21. The molecule has 3 unspecified atom stereocenters. The third kappa shape index (κ3) is 2.17. The second-order valence-corrected chi connectivity index (χ2v) is 8.06. The van der Waals surface area contributed by atoms with Crippen molar-refractivity contribution in [3.8, 4) is 0 Å². The maximum absolute atomic E-state index is 15.5. The van der Waals surface area contributed by atoms with Crippen LogP contribution in [0, 0.1) is 17.3 Å². The van der Waals surface area contributed by atoms with Gasteiger partial charge in [-0.15, -0.1) is 0 Å². The third-order valence-corrected chi connectivity index (χ3v) is 6.18. The smallest absolute Gasteiger partial charge is 0.217 e. The molecule has 5 rings (SSSR count). The first-order valence-corrected chi connectivity index (χ1v) is 8.48. The number of alkyl halides is 1. The Morgan fingerprint density at radius 1 is 1.18 bits per heavy atom. The number of carbonyl (C=O) groups is 1. The number of amides is 1. The van der Waals surface area contributed by atoms with Crippen LogP contribution in [0.25, 0.3) is 0 Å². The van der Waals surface area contributed by atoms with Crippen LogP contribution in [0.4, 0.5) is 4.39 Å². The minimum absolute atomic E-state index is 0.0345. The van der Waals surface area contributed by atoms with Crippen LogP contribution in [0.5, 0.6) is 0 Å². The zero-order chi connectivity index (χ0) is 15.4. The number of hydrogen-bond donors (Lipinski definition) is 1. The average Bonchev–Trinajstić information content (AvgIpc) is 2.44. The molecule has 22 heavy (non-hydrogen) atoms. The number of halogens is 1. The second kappa shape index (κ2) is 4.81. The van der Waals surface area contributed by atoms with Gasteiger partial charge >= 0.3 is 0 Å². The molecule has 0 aromatic heterocycles. The largest absolute Gasteiger partial charge is 0.351 e. The molecule has 5 atom stereocenters. The Morgan fingerprint density at radius 2 is 1.82 bits per heavy atom. The summed E-state index contributed by atoms with van der Waals surface area (Å²) >= 11 is 0. The van der Waals surface area contributed by atoms with Gasteiger partial charge in [0.05, 0.1) is 0 Å². The zero-order valence-corrected chi connectivity index (χ0v) is 13.1. The summed E-state index contributed by atoms with van der Waals surface area (Å²) in [4.78, 5) is 11.7. The SMILES string of the molecule is CC(=O)NC12C[C@H]3C[C@@H](C1)CC(C(F)c1ccccc1)(C3)C2. The number of carbonyl (C=O) groups excluding carboxylic acids is 1. The summed E-state index contributed by atoms with van der Waals surface area (Å²) in [6.07, 6.45) is 5.20. The van der Waals surface area contributed by atoms with Crippen molar-refractivity contribution < 1.29 is 9.18 Å². The Bertz CT molecular complexity index is 570. The molecule has 1 N–H and O–H groups in total. The molecule has 118 valence electrons. The summed E-state index contributed by atoms with van der Waals surface area (Å²) in [7, 11) is 0. The van der Waals surface area contributed by atoms with Crippen LogP contribution in [-0.2, 0) is 4.79 Å². The number of hydrogen-bond acceptors (Lipinski definition) is 1. The normalized spacial score (nSPS) is 40.5. The maximum atomic E-state index is 15.5. The summed E-state index contributed by atoms with van der Waals surface area (Å²) in [6.45, 7) is 1.59. The fourth-order valence-corrected chi connectivity index (χ4v) is 6.13. The van der Waals surface area contributed by atoms with E-state index in [0.717, 1.165) is 37.7 Å². The fraction of sp³-hybridized carbons (Fsp3) is 0.632. The predicted octanol–water partition coefficient (Wildman–Crippen LogP) is 4.17. The lowest BCUT2D eigenvalue weighted by Gasteiger charge is -2.63. The van der Waals surface area contributed by atoms with Crippen molar-refractivity contribution in [2.75, 3.05) is 0 Å². The highest BCUT2D eigenvalue weighted by Gasteiger charge is 2.60. The van der Waals surface area contributed by atoms with E-state index in [2.05, 4.69) is 5.32 Å². The summed E-state index contributed by atoms with van der Waals surface area (Å²) in [6, 6.07) is 9.61. The Balaban J connectivity index is 1.68. The van der Waals surface area contributed by atoms with E-state index in [9.17, 15) is 4.79 Å². The number of benzene rings is 1. The molecule has 2 nitrogen and oxygen atoms in total. The van der Waals surface area contributed by atoms with Crippen molar-refractivity contribution in [2.24, 2.45) is 17.3 Å². The van der Waals surface area contributed by atoms with Gasteiger partial charge in [-0.3, -0.25) is 4.79 Å². The maximum Gasteiger partial charge on any atom is 0.217 e. The van der Waals surface area contributed by atoms with Gasteiger partial charge < -0.3 is 5.32 Å². The van der Waals surface area contributed by atoms with Crippen LogP contribution in [0.1, 0.15) is 57.2 Å². The Hall–Kier alpha value is -1.38. The minimum Gasteiger partial charge on any atom is -0.351 e. The molecule has 1 amide bonds. The van der Waals surface area contributed by atoms with Gasteiger partial charge in [-0.1, -0.05) is 30.3 Å². The number of rotatable bonds is 3. The molecule has 0 radical (unpaired) electrons. The predicted molar refractivity (Wildman–Crippen MR) is 84.0 cm³/mol. The van der Waals surface area contributed by atoms with Crippen molar-refractivity contribution in [3.63, 3.8) is 0 Å². The average molecular weight is 301 g/mol. The molecule has 4 bridgehead atoms. The molecule has 4 aliphatic carbocycles. The molecule has 3 heteroatoms. The molecule has 1 aromatic rings. The third-order valence-electron chi connectivity index (χ3n) is 6.18. The second-order valence-electron chi connectivity index (χ2n) is 8.06. The number of nitrogens with one attached hydrogen (secondary N) is 1. The van der Waals surface area contributed by atoms with Gasteiger partial charge in [0, 0.05) is 17.9 Å². The summed E-state index contributed by atoms with van der Waals surface area (Å²) in [5.41, 5.74) is 0.394. The molecule has 4 saturated carbocycles. The van der Waals surface area contributed by atoms with Gasteiger partial charge in [-0.05, 0) is 55.9 Å². The molecular weight excluding hydrogens is 277 g/mol.